The van der Waals surface area contributed by atoms with Crippen LogP contribution in [0.3, 0.4) is 0 Å². The SMILES string of the molecule is CC1Oc2ccc(C(=O)O)cc2C=C1n1ccnc1. The van der Waals surface area contributed by atoms with Crippen molar-refractivity contribution >= 4 is 17.7 Å². The van der Waals surface area contributed by atoms with Gasteiger partial charge in [-0.1, -0.05) is 0 Å². The number of carboxylic acid groups (broad SMARTS) is 1. The molecule has 1 aromatic heterocycles. The zero-order valence-electron chi connectivity index (χ0n) is 10.3. The third-order valence-electron chi connectivity index (χ3n) is 3.08. The summed E-state index contributed by atoms with van der Waals surface area (Å²) in [5.74, 6) is -0.250. The highest BCUT2D eigenvalue weighted by Gasteiger charge is 2.20. The maximum atomic E-state index is 11.0. The van der Waals surface area contributed by atoms with E-state index >= 15 is 0 Å². The van der Waals surface area contributed by atoms with Crippen LogP contribution in [0, 0.1) is 0 Å². The molecule has 1 unspecified atom stereocenters. The molecule has 1 N–H and O–H groups in total. The molecule has 1 atom stereocenters. The molecule has 0 bridgehead atoms. The average molecular weight is 256 g/mol. The lowest BCUT2D eigenvalue weighted by molar-refractivity contribution is 0.0697. The van der Waals surface area contributed by atoms with Gasteiger partial charge in [-0.15, -0.1) is 0 Å². The number of ether oxygens (including phenoxy) is 1. The molecular formula is C14H12N2O3. The molecule has 1 aliphatic heterocycles. The number of aromatic nitrogens is 2. The van der Waals surface area contributed by atoms with Gasteiger partial charge in [-0.3, -0.25) is 0 Å². The molecule has 5 heteroatoms. The quantitative estimate of drug-likeness (QED) is 0.895. The van der Waals surface area contributed by atoms with Crippen molar-refractivity contribution in [2.24, 2.45) is 0 Å². The van der Waals surface area contributed by atoms with Gasteiger partial charge in [0.15, 0.2) is 0 Å². The summed E-state index contributed by atoms with van der Waals surface area (Å²) in [5, 5.41) is 9.01. The fourth-order valence-corrected chi connectivity index (χ4v) is 2.13. The van der Waals surface area contributed by atoms with E-state index in [1.165, 1.54) is 0 Å². The number of aromatic carboxylic acids is 1. The molecule has 1 aliphatic rings. The highest BCUT2D eigenvalue weighted by atomic mass is 16.5. The monoisotopic (exact) mass is 256 g/mol. The Kier molecular flexibility index (Phi) is 2.59. The van der Waals surface area contributed by atoms with E-state index in [2.05, 4.69) is 4.98 Å². The Labute approximate surface area is 109 Å². The molecule has 0 saturated carbocycles. The largest absolute Gasteiger partial charge is 0.484 e. The van der Waals surface area contributed by atoms with E-state index < -0.39 is 5.97 Å². The first-order valence-electron chi connectivity index (χ1n) is 5.89. The molecule has 96 valence electrons. The fourth-order valence-electron chi connectivity index (χ4n) is 2.13. The molecule has 0 spiro atoms. The van der Waals surface area contributed by atoms with Crippen molar-refractivity contribution in [3.05, 3.63) is 48.0 Å². The van der Waals surface area contributed by atoms with Crippen molar-refractivity contribution in [1.29, 1.82) is 0 Å². The van der Waals surface area contributed by atoms with Crippen LogP contribution in [0.2, 0.25) is 0 Å². The van der Waals surface area contributed by atoms with Crippen LogP contribution in [0.1, 0.15) is 22.8 Å². The van der Waals surface area contributed by atoms with E-state index in [-0.39, 0.29) is 11.7 Å². The van der Waals surface area contributed by atoms with Crippen molar-refractivity contribution in [3.63, 3.8) is 0 Å². The first-order valence-corrected chi connectivity index (χ1v) is 5.89. The maximum absolute atomic E-state index is 11.0. The molecule has 19 heavy (non-hydrogen) atoms. The molecular weight excluding hydrogens is 244 g/mol. The van der Waals surface area contributed by atoms with E-state index in [9.17, 15) is 4.79 Å². The Morgan fingerprint density at radius 2 is 2.32 bits per heavy atom. The van der Waals surface area contributed by atoms with Crippen molar-refractivity contribution in [2.45, 2.75) is 13.0 Å². The molecule has 0 amide bonds. The van der Waals surface area contributed by atoms with Gasteiger partial charge in [0, 0.05) is 18.0 Å². The summed E-state index contributed by atoms with van der Waals surface area (Å²) >= 11 is 0. The highest BCUT2D eigenvalue weighted by Crippen LogP contribution is 2.32. The number of fused-ring (bicyclic) bond motifs is 1. The lowest BCUT2D eigenvalue weighted by atomic mass is 10.0. The predicted octanol–water partition coefficient (Wildman–Crippen LogP) is 2.36. The van der Waals surface area contributed by atoms with Crippen LogP contribution in [-0.2, 0) is 0 Å². The minimum atomic E-state index is -0.945. The van der Waals surface area contributed by atoms with Gasteiger partial charge in [-0.25, -0.2) is 9.78 Å². The second-order valence-corrected chi connectivity index (χ2v) is 4.36. The highest BCUT2D eigenvalue weighted by molar-refractivity contribution is 5.90. The van der Waals surface area contributed by atoms with Crippen LogP contribution in [0.4, 0.5) is 0 Å². The van der Waals surface area contributed by atoms with E-state index in [4.69, 9.17) is 9.84 Å². The Balaban J connectivity index is 2.09. The molecule has 0 radical (unpaired) electrons. The van der Waals surface area contributed by atoms with Gasteiger partial charge < -0.3 is 14.4 Å². The van der Waals surface area contributed by atoms with E-state index in [1.807, 2.05) is 23.8 Å². The molecule has 2 aromatic rings. The first kappa shape index (κ1) is 11.5. The lowest BCUT2D eigenvalue weighted by Crippen LogP contribution is -2.21. The fraction of sp³-hybridized carbons (Fsp3) is 0.143. The smallest absolute Gasteiger partial charge is 0.335 e. The minimum absolute atomic E-state index is 0.114. The third kappa shape index (κ3) is 1.99. The van der Waals surface area contributed by atoms with Crippen molar-refractivity contribution in [3.8, 4) is 5.75 Å². The van der Waals surface area contributed by atoms with Crippen molar-refractivity contribution < 1.29 is 14.6 Å². The number of carbonyl (C=O) groups is 1. The molecule has 1 aromatic carbocycles. The third-order valence-corrected chi connectivity index (χ3v) is 3.08. The zero-order valence-corrected chi connectivity index (χ0v) is 10.3. The number of rotatable bonds is 2. The van der Waals surface area contributed by atoms with Gasteiger partial charge in [0.1, 0.15) is 11.9 Å². The van der Waals surface area contributed by atoms with E-state index in [1.54, 1.807) is 30.7 Å². The Morgan fingerprint density at radius 3 is 3.00 bits per heavy atom. The molecule has 0 fully saturated rings. The lowest BCUT2D eigenvalue weighted by Gasteiger charge is -2.25. The predicted molar refractivity (Wildman–Crippen MR) is 69.9 cm³/mol. The summed E-state index contributed by atoms with van der Waals surface area (Å²) in [6.45, 7) is 1.94. The summed E-state index contributed by atoms with van der Waals surface area (Å²) in [6, 6.07) is 4.85. The summed E-state index contributed by atoms with van der Waals surface area (Å²) in [5.41, 5.74) is 1.94. The summed E-state index contributed by atoms with van der Waals surface area (Å²) < 4.78 is 7.66. The Hall–Kier alpha value is -2.56. The molecule has 3 rings (SSSR count). The zero-order chi connectivity index (χ0) is 13.4. The molecule has 5 nitrogen and oxygen atoms in total. The Morgan fingerprint density at radius 1 is 1.47 bits per heavy atom. The van der Waals surface area contributed by atoms with Gasteiger partial charge in [0.05, 0.1) is 17.6 Å². The van der Waals surface area contributed by atoms with Crippen molar-refractivity contribution in [1.82, 2.24) is 9.55 Å². The number of hydrogen-bond acceptors (Lipinski definition) is 3. The first-order chi connectivity index (χ1) is 9.15. The second kappa shape index (κ2) is 4.28. The minimum Gasteiger partial charge on any atom is -0.484 e. The topological polar surface area (TPSA) is 64.3 Å². The van der Waals surface area contributed by atoms with Gasteiger partial charge in [0.25, 0.3) is 0 Å². The second-order valence-electron chi connectivity index (χ2n) is 4.36. The van der Waals surface area contributed by atoms with E-state index in [0.717, 1.165) is 11.3 Å². The number of nitrogens with zero attached hydrogens (tertiary/aromatic N) is 2. The Bertz CT molecular complexity index is 659. The van der Waals surface area contributed by atoms with Crippen molar-refractivity contribution in [2.75, 3.05) is 0 Å². The summed E-state index contributed by atoms with van der Waals surface area (Å²) in [4.78, 5) is 15.0. The molecule has 0 saturated heterocycles. The van der Waals surface area contributed by atoms with Crippen LogP contribution in [0.5, 0.6) is 5.75 Å². The van der Waals surface area contributed by atoms with Gasteiger partial charge in [-0.05, 0) is 31.2 Å². The summed E-state index contributed by atoms with van der Waals surface area (Å²) in [6.07, 6.45) is 7.03. The number of carboxylic acids is 1. The van der Waals surface area contributed by atoms with Gasteiger partial charge in [-0.2, -0.15) is 0 Å². The molecule has 2 heterocycles. The van der Waals surface area contributed by atoms with E-state index in [0.29, 0.717) is 5.75 Å². The number of imidazole rings is 1. The van der Waals surface area contributed by atoms with Crippen LogP contribution < -0.4 is 4.74 Å². The molecule has 0 aliphatic carbocycles. The number of hydrogen-bond donors (Lipinski definition) is 1. The maximum Gasteiger partial charge on any atom is 0.335 e. The van der Waals surface area contributed by atoms with Crippen LogP contribution >= 0.6 is 0 Å². The van der Waals surface area contributed by atoms with Crippen LogP contribution in [0.15, 0.2) is 36.9 Å². The number of benzene rings is 1. The standard InChI is InChI=1S/C14H12N2O3/c1-9-12(16-5-4-15-8-16)7-11-6-10(14(17)18)2-3-13(11)19-9/h2-9H,1H3,(H,17,18). The van der Waals surface area contributed by atoms with Crippen LogP contribution in [0.25, 0.3) is 11.8 Å². The normalized spacial score (nSPS) is 17.3. The average Bonchev–Trinajstić information content (AvgIpc) is 2.91. The van der Waals surface area contributed by atoms with Gasteiger partial charge >= 0.3 is 5.97 Å². The van der Waals surface area contributed by atoms with Crippen LogP contribution in [-0.4, -0.2) is 26.7 Å². The van der Waals surface area contributed by atoms with Gasteiger partial charge in [0.2, 0.25) is 0 Å². The summed E-state index contributed by atoms with van der Waals surface area (Å²) in [7, 11) is 0.